The van der Waals surface area contributed by atoms with Gasteiger partial charge in [0.1, 0.15) is 17.4 Å². The van der Waals surface area contributed by atoms with Gasteiger partial charge in [0, 0.05) is 35.9 Å². The highest BCUT2D eigenvalue weighted by atomic mass is 79.9. The summed E-state index contributed by atoms with van der Waals surface area (Å²) in [7, 11) is 0. The first-order valence-electron chi connectivity index (χ1n) is 11.8. The van der Waals surface area contributed by atoms with E-state index in [0.717, 1.165) is 48.6 Å². The molecule has 0 spiro atoms. The van der Waals surface area contributed by atoms with Crippen molar-refractivity contribution in [2.24, 2.45) is 0 Å². The smallest absolute Gasteiger partial charge is 0.191 e. The molecule has 1 aliphatic heterocycles. The number of ether oxygens (including phenoxy) is 1. The van der Waals surface area contributed by atoms with E-state index < -0.39 is 5.82 Å². The van der Waals surface area contributed by atoms with Crippen molar-refractivity contribution in [3.63, 3.8) is 0 Å². The first-order valence-corrected chi connectivity index (χ1v) is 14.0. The number of nitrogens with zero attached hydrogens (tertiary/aromatic N) is 5. The summed E-state index contributed by atoms with van der Waals surface area (Å²) in [5, 5.41) is 18.2. The summed E-state index contributed by atoms with van der Waals surface area (Å²) >= 11 is 11.7. The summed E-state index contributed by atoms with van der Waals surface area (Å²) in [6.07, 6.45) is 1.64. The molecule has 2 aromatic carbocycles. The van der Waals surface area contributed by atoms with E-state index in [1.54, 1.807) is 10.9 Å². The second-order valence-electron chi connectivity index (χ2n) is 8.53. The van der Waals surface area contributed by atoms with Gasteiger partial charge >= 0.3 is 0 Å². The van der Waals surface area contributed by atoms with Crippen LogP contribution in [-0.2, 0) is 11.3 Å². The summed E-state index contributed by atoms with van der Waals surface area (Å²) in [5.74, 6) is 0.639. The molecule has 5 rings (SSSR count). The minimum absolute atomic E-state index is 0.0514. The number of hydrogen-bond acceptors (Lipinski definition) is 8. The largest absolute Gasteiger partial charge is 0.508 e. The molecule has 0 saturated carbocycles. The fourth-order valence-corrected chi connectivity index (χ4v) is 5.36. The molecule has 0 aliphatic carbocycles. The number of aromatic nitrogens is 4. The lowest BCUT2D eigenvalue weighted by molar-refractivity contribution is 0.0410. The highest BCUT2D eigenvalue weighted by Gasteiger charge is 2.18. The Bertz CT molecular complexity index is 1370. The Kier molecular flexibility index (Phi) is 8.46. The van der Waals surface area contributed by atoms with Gasteiger partial charge in [0.2, 0.25) is 0 Å². The van der Waals surface area contributed by atoms with Gasteiger partial charge in [-0.2, -0.15) is 5.10 Å². The molecular formula is C25H25BrClFN6O2S. The number of anilines is 2. The van der Waals surface area contributed by atoms with Crippen LogP contribution in [-0.4, -0.2) is 68.4 Å². The van der Waals surface area contributed by atoms with E-state index in [4.69, 9.17) is 21.3 Å². The topological polar surface area (TPSA) is 88.3 Å². The van der Waals surface area contributed by atoms with Crippen molar-refractivity contribution in [3.05, 3.63) is 64.5 Å². The number of phenolic OH excluding ortho intramolecular Hbond substituents is 1. The number of nitrogens with one attached hydrogen (secondary N) is 1. The Morgan fingerprint density at radius 3 is 2.73 bits per heavy atom. The van der Waals surface area contributed by atoms with Gasteiger partial charge in [-0.3, -0.25) is 4.90 Å². The number of rotatable bonds is 9. The van der Waals surface area contributed by atoms with Crippen molar-refractivity contribution in [3.8, 4) is 5.75 Å². The molecule has 1 atom stereocenters. The summed E-state index contributed by atoms with van der Waals surface area (Å²) in [6.45, 7) is 4.57. The van der Waals surface area contributed by atoms with Crippen LogP contribution in [0.3, 0.4) is 0 Å². The van der Waals surface area contributed by atoms with Crippen LogP contribution in [0.1, 0.15) is 10.9 Å². The number of thioether (sulfide) groups is 1. The SMILES string of the molecule is Oc1ccc(F)c(Nc2nc(SCCN3CCOCC3)nc3c2cnn3CC(Cl)c2ccc(Br)cc2)c1. The maximum absolute atomic E-state index is 14.5. The standard InChI is InChI=1S/C25H25BrClFN6O2S/c26-17-3-1-16(2-4-17)20(27)15-34-24-19(14-29-34)23(30-22-13-18(35)5-6-21(22)28)31-25(32-24)37-12-9-33-7-10-36-11-8-33/h1-6,13-14,20,35H,7-12,15H2,(H,30,31,32). The fraction of sp³-hybridized carbons (Fsp3) is 0.320. The Balaban J connectivity index is 1.43. The highest BCUT2D eigenvalue weighted by Crippen LogP contribution is 2.31. The predicted octanol–water partition coefficient (Wildman–Crippen LogP) is 5.58. The predicted molar refractivity (Wildman–Crippen MR) is 147 cm³/mol. The van der Waals surface area contributed by atoms with Crippen LogP contribution in [0.25, 0.3) is 11.0 Å². The zero-order chi connectivity index (χ0) is 25.8. The first kappa shape index (κ1) is 26.2. The summed E-state index contributed by atoms with van der Waals surface area (Å²) in [6, 6.07) is 11.6. The molecule has 37 heavy (non-hydrogen) atoms. The quantitative estimate of drug-likeness (QED) is 0.145. The Morgan fingerprint density at radius 1 is 1.16 bits per heavy atom. The second kappa shape index (κ2) is 12.0. The van der Waals surface area contributed by atoms with Gasteiger partial charge in [-0.05, 0) is 29.8 Å². The lowest BCUT2D eigenvalue weighted by atomic mass is 10.1. The van der Waals surface area contributed by atoms with E-state index in [0.29, 0.717) is 28.6 Å². The molecule has 194 valence electrons. The highest BCUT2D eigenvalue weighted by molar-refractivity contribution is 9.10. The molecule has 1 saturated heterocycles. The van der Waals surface area contributed by atoms with Crippen molar-refractivity contribution in [1.82, 2.24) is 24.6 Å². The molecule has 8 nitrogen and oxygen atoms in total. The third-order valence-electron chi connectivity index (χ3n) is 5.99. The molecule has 0 amide bonds. The van der Waals surface area contributed by atoms with E-state index in [-0.39, 0.29) is 16.8 Å². The normalized spacial score (nSPS) is 15.2. The molecule has 1 fully saturated rings. The van der Waals surface area contributed by atoms with Gasteiger partial charge in [0.05, 0.1) is 42.4 Å². The number of alkyl halides is 1. The lowest BCUT2D eigenvalue weighted by Gasteiger charge is -2.26. The van der Waals surface area contributed by atoms with Crippen LogP contribution in [0.4, 0.5) is 15.9 Å². The summed E-state index contributed by atoms with van der Waals surface area (Å²) < 4.78 is 22.6. The molecule has 4 aromatic rings. The molecule has 1 unspecified atom stereocenters. The van der Waals surface area contributed by atoms with Gasteiger partial charge in [-0.1, -0.05) is 39.8 Å². The molecular weight excluding hydrogens is 583 g/mol. The second-order valence-corrected chi connectivity index (χ2v) is 11.0. The van der Waals surface area contributed by atoms with Crippen molar-refractivity contribution >= 4 is 61.8 Å². The summed E-state index contributed by atoms with van der Waals surface area (Å²) in [5.41, 5.74) is 1.67. The van der Waals surface area contributed by atoms with Crippen molar-refractivity contribution in [1.29, 1.82) is 0 Å². The van der Waals surface area contributed by atoms with E-state index in [1.165, 1.54) is 30.0 Å². The number of fused-ring (bicyclic) bond motifs is 1. The number of phenols is 1. The van der Waals surface area contributed by atoms with E-state index in [9.17, 15) is 9.50 Å². The maximum Gasteiger partial charge on any atom is 0.191 e. The zero-order valence-corrected chi connectivity index (χ0v) is 22.9. The molecule has 2 N–H and O–H groups in total. The van der Waals surface area contributed by atoms with Gasteiger partial charge in [0.15, 0.2) is 10.8 Å². The maximum atomic E-state index is 14.5. The third-order valence-corrected chi connectivity index (χ3v) is 7.73. The molecule has 12 heteroatoms. The van der Waals surface area contributed by atoms with E-state index >= 15 is 0 Å². The van der Waals surface area contributed by atoms with Crippen LogP contribution >= 0.6 is 39.3 Å². The Morgan fingerprint density at radius 2 is 1.95 bits per heavy atom. The van der Waals surface area contributed by atoms with Crippen molar-refractivity contribution in [2.75, 3.05) is 43.9 Å². The monoisotopic (exact) mass is 606 g/mol. The van der Waals surface area contributed by atoms with Crippen molar-refractivity contribution in [2.45, 2.75) is 17.1 Å². The first-order chi connectivity index (χ1) is 18.0. The average molecular weight is 608 g/mol. The molecule has 0 bridgehead atoms. The van der Waals surface area contributed by atoms with Gasteiger partial charge < -0.3 is 15.2 Å². The average Bonchev–Trinajstić information content (AvgIpc) is 3.30. The summed E-state index contributed by atoms with van der Waals surface area (Å²) in [4.78, 5) is 11.8. The van der Waals surface area contributed by atoms with Crippen LogP contribution in [0.2, 0.25) is 0 Å². The Labute approximate surface area is 231 Å². The molecule has 3 heterocycles. The number of benzene rings is 2. The van der Waals surface area contributed by atoms with Gasteiger partial charge in [0.25, 0.3) is 0 Å². The zero-order valence-electron chi connectivity index (χ0n) is 19.8. The van der Waals surface area contributed by atoms with Crippen LogP contribution < -0.4 is 5.32 Å². The number of aromatic hydroxyl groups is 1. The number of hydrogen-bond donors (Lipinski definition) is 2. The minimum Gasteiger partial charge on any atom is -0.508 e. The molecule has 2 aromatic heterocycles. The van der Waals surface area contributed by atoms with E-state index in [2.05, 4.69) is 36.2 Å². The minimum atomic E-state index is -0.505. The number of halogens is 3. The van der Waals surface area contributed by atoms with Crippen molar-refractivity contribution < 1.29 is 14.2 Å². The van der Waals surface area contributed by atoms with Crippen LogP contribution in [0.15, 0.2) is 58.3 Å². The Hall–Kier alpha value is -2.44. The fourth-order valence-electron chi connectivity index (χ4n) is 3.99. The van der Waals surface area contributed by atoms with E-state index in [1.807, 2.05) is 24.3 Å². The van der Waals surface area contributed by atoms with Gasteiger partial charge in [-0.15, -0.1) is 11.6 Å². The van der Waals surface area contributed by atoms with Crippen LogP contribution in [0, 0.1) is 5.82 Å². The number of morpholine rings is 1. The molecule has 0 radical (unpaired) electrons. The van der Waals surface area contributed by atoms with Crippen LogP contribution in [0.5, 0.6) is 5.75 Å². The lowest BCUT2D eigenvalue weighted by Crippen LogP contribution is -2.37. The van der Waals surface area contributed by atoms with Gasteiger partial charge in [-0.25, -0.2) is 19.0 Å². The third kappa shape index (κ3) is 6.53. The molecule has 1 aliphatic rings.